The second-order valence-electron chi connectivity index (χ2n) is 15.4. The van der Waals surface area contributed by atoms with Gasteiger partial charge in [-0.05, 0) is 74.9 Å². The van der Waals surface area contributed by atoms with Gasteiger partial charge in [0.05, 0.1) is 10.8 Å². The Hall–Kier alpha value is -8.19. The van der Waals surface area contributed by atoms with Gasteiger partial charge in [-0.1, -0.05) is 230 Å². The molecule has 0 aliphatic heterocycles. The van der Waals surface area contributed by atoms with E-state index in [2.05, 4.69) is 236 Å². The van der Waals surface area contributed by atoms with Crippen LogP contribution in [0.1, 0.15) is 38.9 Å². The first-order valence-corrected chi connectivity index (χ1v) is 20.9. The number of benzene rings is 8. The topological polar surface area (TPSA) is 38.7 Å². The molecule has 1 aromatic heterocycles. The summed E-state index contributed by atoms with van der Waals surface area (Å²) in [6.45, 7) is 0. The molecule has 0 saturated heterocycles. The third-order valence-corrected chi connectivity index (χ3v) is 11.9. The van der Waals surface area contributed by atoms with Crippen molar-refractivity contribution in [2.24, 2.45) is 0 Å². The molecule has 1 aliphatic rings. The molecule has 8 aromatic carbocycles. The van der Waals surface area contributed by atoms with Gasteiger partial charge in [-0.15, -0.1) is 0 Å². The van der Waals surface area contributed by atoms with E-state index in [9.17, 15) is 0 Å². The largest absolute Gasteiger partial charge is 0.208 e. The van der Waals surface area contributed by atoms with E-state index in [4.69, 9.17) is 15.0 Å². The van der Waals surface area contributed by atoms with Crippen molar-refractivity contribution < 1.29 is 0 Å². The SMILES string of the molecule is C1=C=CC(C(c2ccccc2)(c2ccccc2)c2cccc(-c3nc(-c4ccccc4)nc(-c4cccc(C(c5ccccc5)(c5ccccc5)c5ccccc5)c4)n3)c2)=CC=1. The zero-order chi connectivity index (χ0) is 41.6. The van der Waals surface area contributed by atoms with Gasteiger partial charge in [-0.3, -0.25) is 0 Å². The summed E-state index contributed by atoms with van der Waals surface area (Å²) in [4.78, 5) is 15.8. The van der Waals surface area contributed by atoms with Crippen LogP contribution >= 0.6 is 0 Å². The lowest BCUT2D eigenvalue weighted by Gasteiger charge is -2.37. The van der Waals surface area contributed by atoms with Crippen LogP contribution in [-0.2, 0) is 10.8 Å². The van der Waals surface area contributed by atoms with Crippen LogP contribution in [0.4, 0.5) is 0 Å². The molecule has 292 valence electrons. The summed E-state index contributed by atoms with van der Waals surface area (Å²) < 4.78 is 0. The molecule has 0 N–H and O–H groups in total. The van der Waals surface area contributed by atoms with Gasteiger partial charge in [-0.2, -0.15) is 0 Å². The lowest BCUT2D eigenvalue weighted by atomic mass is 9.64. The third-order valence-electron chi connectivity index (χ3n) is 11.9. The number of allylic oxidation sites excluding steroid dienone is 4. The van der Waals surface area contributed by atoms with Crippen LogP contribution in [0.25, 0.3) is 34.2 Å². The van der Waals surface area contributed by atoms with E-state index in [1.165, 1.54) is 16.7 Å². The zero-order valence-electron chi connectivity index (χ0n) is 34.0. The maximum Gasteiger partial charge on any atom is 0.164 e. The fourth-order valence-electron chi connectivity index (χ4n) is 9.15. The van der Waals surface area contributed by atoms with Gasteiger partial charge < -0.3 is 0 Å². The molecule has 1 heterocycles. The molecule has 0 bridgehead atoms. The number of aromatic nitrogens is 3. The molecule has 0 amide bonds. The van der Waals surface area contributed by atoms with Crippen molar-refractivity contribution in [2.45, 2.75) is 10.8 Å². The highest BCUT2D eigenvalue weighted by Gasteiger charge is 2.40. The average Bonchev–Trinajstić information content (AvgIpc) is 3.37. The minimum absolute atomic E-state index is 0.588. The molecule has 0 fully saturated rings. The molecule has 3 nitrogen and oxygen atoms in total. The van der Waals surface area contributed by atoms with Gasteiger partial charge in [0.15, 0.2) is 17.5 Å². The van der Waals surface area contributed by atoms with E-state index in [1.807, 2.05) is 24.3 Å². The second-order valence-corrected chi connectivity index (χ2v) is 15.4. The molecule has 0 atom stereocenters. The van der Waals surface area contributed by atoms with Crippen LogP contribution in [0.2, 0.25) is 0 Å². The zero-order valence-corrected chi connectivity index (χ0v) is 34.0. The summed E-state index contributed by atoms with van der Waals surface area (Å²) in [6.07, 6.45) is 6.14. The average molecular weight is 792 g/mol. The maximum atomic E-state index is 5.35. The predicted octanol–water partition coefficient (Wildman–Crippen LogP) is 13.4. The first-order valence-electron chi connectivity index (χ1n) is 20.9. The highest BCUT2D eigenvalue weighted by molar-refractivity contribution is 5.71. The number of hydrogen-bond acceptors (Lipinski definition) is 3. The lowest BCUT2D eigenvalue weighted by Crippen LogP contribution is -2.31. The van der Waals surface area contributed by atoms with Crippen molar-refractivity contribution in [1.29, 1.82) is 0 Å². The molecule has 0 spiro atoms. The minimum atomic E-state index is -0.674. The van der Waals surface area contributed by atoms with Gasteiger partial charge in [0.1, 0.15) is 0 Å². The highest BCUT2D eigenvalue weighted by Crippen LogP contribution is 2.48. The predicted molar refractivity (Wildman–Crippen MR) is 251 cm³/mol. The van der Waals surface area contributed by atoms with Crippen LogP contribution in [0.3, 0.4) is 0 Å². The third kappa shape index (κ3) is 6.84. The summed E-state index contributed by atoms with van der Waals surface area (Å²) in [5, 5.41) is 0. The molecular weight excluding hydrogens is 751 g/mol. The second kappa shape index (κ2) is 16.8. The lowest BCUT2D eigenvalue weighted by molar-refractivity contribution is 0.743. The molecule has 0 saturated carbocycles. The van der Waals surface area contributed by atoms with Gasteiger partial charge in [-0.25, -0.2) is 15.0 Å². The summed E-state index contributed by atoms with van der Waals surface area (Å²) in [5.41, 5.74) is 16.8. The smallest absolute Gasteiger partial charge is 0.164 e. The van der Waals surface area contributed by atoms with Gasteiger partial charge in [0, 0.05) is 16.7 Å². The molecule has 62 heavy (non-hydrogen) atoms. The Kier molecular flexibility index (Phi) is 10.3. The Bertz CT molecular complexity index is 2970. The molecular formula is C59H41N3. The number of rotatable bonds is 11. The Morgan fingerprint density at radius 2 is 0.613 bits per heavy atom. The number of nitrogens with zero attached hydrogens (tertiary/aromatic N) is 3. The fourth-order valence-corrected chi connectivity index (χ4v) is 9.15. The van der Waals surface area contributed by atoms with Gasteiger partial charge >= 0.3 is 0 Å². The molecule has 3 heteroatoms. The molecule has 9 aromatic rings. The van der Waals surface area contributed by atoms with Crippen molar-refractivity contribution in [2.75, 3.05) is 0 Å². The summed E-state index contributed by atoms with van der Waals surface area (Å²) >= 11 is 0. The van der Waals surface area contributed by atoms with E-state index < -0.39 is 10.8 Å². The fraction of sp³-hybridized carbons (Fsp3) is 0.0339. The summed E-state index contributed by atoms with van der Waals surface area (Å²) in [7, 11) is 0. The Labute approximate surface area is 363 Å². The molecule has 10 rings (SSSR count). The van der Waals surface area contributed by atoms with Crippen molar-refractivity contribution in [3.8, 4) is 34.2 Å². The molecule has 0 unspecified atom stereocenters. The van der Waals surface area contributed by atoms with Crippen LogP contribution in [0.15, 0.2) is 266 Å². The standard InChI is InChI=1S/C59H41N3/c1-8-24-44(25-9-1)55-60-56(45-26-22-40-53(42-45)58(47-28-10-2-11-29-47,48-30-12-3-13-31-48)49-32-14-4-15-33-49)62-57(61-55)46-27-23-41-54(43-46)59(50-34-16-5-17-35-50,51-36-18-6-19-37-51)52-38-20-7-21-39-52/h1-6,8-20,22-43H. The minimum Gasteiger partial charge on any atom is -0.208 e. The highest BCUT2D eigenvalue weighted by atomic mass is 15.0. The normalized spacial score (nSPS) is 12.2. The molecule has 1 aliphatic carbocycles. The molecule has 0 radical (unpaired) electrons. The van der Waals surface area contributed by atoms with Gasteiger partial charge in [0.2, 0.25) is 0 Å². The Balaban J connectivity index is 1.19. The summed E-state index contributed by atoms with van der Waals surface area (Å²) in [5.74, 6) is 1.78. The van der Waals surface area contributed by atoms with E-state index >= 15 is 0 Å². The van der Waals surface area contributed by atoms with Crippen LogP contribution in [0.5, 0.6) is 0 Å². The van der Waals surface area contributed by atoms with E-state index in [0.717, 1.165) is 44.5 Å². The van der Waals surface area contributed by atoms with E-state index in [0.29, 0.717) is 17.5 Å². The Morgan fingerprint density at radius 3 is 1.00 bits per heavy atom. The Morgan fingerprint density at radius 1 is 0.290 bits per heavy atom. The van der Waals surface area contributed by atoms with E-state index in [-0.39, 0.29) is 0 Å². The monoisotopic (exact) mass is 791 g/mol. The van der Waals surface area contributed by atoms with Crippen molar-refractivity contribution in [1.82, 2.24) is 15.0 Å². The quantitative estimate of drug-likeness (QED) is 0.0967. The van der Waals surface area contributed by atoms with Crippen molar-refractivity contribution in [3.05, 3.63) is 305 Å². The van der Waals surface area contributed by atoms with Crippen molar-refractivity contribution >= 4 is 0 Å². The van der Waals surface area contributed by atoms with Crippen molar-refractivity contribution in [3.63, 3.8) is 0 Å². The number of hydrogen-bond donors (Lipinski definition) is 0. The summed E-state index contributed by atoms with van der Waals surface area (Å²) in [6, 6.07) is 81.3. The van der Waals surface area contributed by atoms with Crippen LogP contribution < -0.4 is 0 Å². The first kappa shape index (κ1) is 38.0. The van der Waals surface area contributed by atoms with E-state index in [1.54, 1.807) is 0 Å². The first-order chi connectivity index (χ1) is 30.7. The maximum absolute atomic E-state index is 5.35. The van der Waals surface area contributed by atoms with Crippen LogP contribution in [0, 0.1) is 0 Å². The van der Waals surface area contributed by atoms with Gasteiger partial charge in [0.25, 0.3) is 0 Å². The van der Waals surface area contributed by atoms with Crippen LogP contribution in [-0.4, -0.2) is 15.0 Å².